The Labute approximate surface area is 88.5 Å². The van der Waals surface area contributed by atoms with Crippen molar-refractivity contribution in [1.29, 1.82) is 0 Å². The molecule has 2 atom stereocenters. The molecule has 15 heavy (non-hydrogen) atoms. The summed E-state index contributed by atoms with van der Waals surface area (Å²) in [5.74, 6) is 0. The molecule has 2 nitrogen and oxygen atoms in total. The normalized spacial score (nSPS) is 23.6. The van der Waals surface area contributed by atoms with Crippen LogP contribution in [0.3, 0.4) is 0 Å². The van der Waals surface area contributed by atoms with E-state index in [9.17, 15) is 5.11 Å². The van der Waals surface area contributed by atoms with Crippen molar-refractivity contribution in [1.82, 2.24) is 5.32 Å². The van der Waals surface area contributed by atoms with Crippen LogP contribution in [0, 0.1) is 0 Å². The minimum atomic E-state index is -0.420. The summed E-state index contributed by atoms with van der Waals surface area (Å²) in [5, 5.41) is 15.8. The van der Waals surface area contributed by atoms with Gasteiger partial charge in [0.1, 0.15) is 0 Å². The van der Waals surface area contributed by atoms with Crippen molar-refractivity contribution in [3.05, 3.63) is 47.5 Å². The number of hydrogen-bond acceptors (Lipinski definition) is 2. The maximum absolute atomic E-state index is 10.2. The molecule has 2 N–H and O–H groups in total. The highest BCUT2D eigenvalue weighted by molar-refractivity contribution is 5.91. The average Bonchev–Trinajstić information content (AvgIpc) is 2.55. The summed E-state index contributed by atoms with van der Waals surface area (Å²) in [6.07, 6.45) is -0.420. The highest BCUT2D eigenvalue weighted by Gasteiger charge is 2.31. The van der Waals surface area contributed by atoms with Crippen LogP contribution < -0.4 is 5.32 Å². The molecule has 0 saturated heterocycles. The molecule has 2 aromatic rings. The first-order valence-electron chi connectivity index (χ1n) is 5.20. The van der Waals surface area contributed by atoms with E-state index in [1.165, 1.54) is 16.3 Å². The van der Waals surface area contributed by atoms with Crippen molar-refractivity contribution in [2.45, 2.75) is 12.1 Å². The highest BCUT2D eigenvalue weighted by atomic mass is 16.3. The van der Waals surface area contributed by atoms with E-state index in [1.807, 2.05) is 25.2 Å². The molecule has 3 rings (SSSR count). The minimum Gasteiger partial charge on any atom is -0.386 e. The summed E-state index contributed by atoms with van der Waals surface area (Å²) < 4.78 is 0. The van der Waals surface area contributed by atoms with E-state index in [2.05, 4.69) is 23.5 Å². The second kappa shape index (κ2) is 3.05. The van der Waals surface area contributed by atoms with Crippen molar-refractivity contribution < 1.29 is 5.11 Å². The monoisotopic (exact) mass is 199 g/mol. The molecular formula is C13H13NO. The molecule has 0 radical (unpaired) electrons. The van der Waals surface area contributed by atoms with Gasteiger partial charge in [0, 0.05) is 0 Å². The number of hydrogen-bond donors (Lipinski definition) is 2. The molecule has 1 aliphatic carbocycles. The molecule has 0 bridgehead atoms. The third-order valence-electron chi connectivity index (χ3n) is 3.25. The highest BCUT2D eigenvalue weighted by Crippen LogP contribution is 2.43. The fourth-order valence-corrected chi connectivity index (χ4v) is 2.57. The Hall–Kier alpha value is -1.38. The molecule has 1 aliphatic rings. The zero-order valence-electron chi connectivity index (χ0n) is 8.57. The molecule has 0 saturated carbocycles. The van der Waals surface area contributed by atoms with Gasteiger partial charge in [-0.15, -0.1) is 0 Å². The van der Waals surface area contributed by atoms with Gasteiger partial charge in [-0.3, -0.25) is 0 Å². The largest absolute Gasteiger partial charge is 0.386 e. The first-order chi connectivity index (χ1) is 7.33. The Morgan fingerprint density at radius 2 is 1.73 bits per heavy atom. The molecule has 76 valence electrons. The lowest BCUT2D eigenvalue weighted by Crippen LogP contribution is -2.19. The van der Waals surface area contributed by atoms with Gasteiger partial charge in [0.2, 0.25) is 0 Å². The van der Waals surface area contributed by atoms with Crippen LogP contribution in [0.1, 0.15) is 23.3 Å². The van der Waals surface area contributed by atoms with Gasteiger partial charge in [-0.05, 0) is 28.9 Å². The minimum absolute atomic E-state index is 0.0334. The quantitative estimate of drug-likeness (QED) is 0.737. The lowest BCUT2D eigenvalue weighted by molar-refractivity contribution is 0.141. The van der Waals surface area contributed by atoms with Gasteiger partial charge >= 0.3 is 0 Å². The Bertz CT molecular complexity index is 516. The number of aliphatic hydroxyl groups excluding tert-OH is 1. The molecular weight excluding hydrogens is 186 g/mol. The molecule has 0 spiro atoms. The van der Waals surface area contributed by atoms with Gasteiger partial charge < -0.3 is 10.4 Å². The van der Waals surface area contributed by atoms with Gasteiger partial charge in [-0.25, -0.2) is 0 Å². The molecule has 0 amide bonds. The summed E-state index contributed by atoms with van der Waals surface area (Å²) in [4.78, 5) is 0. The lowest BCUT2D eigenvalue weighted by Gasteiger charge is -2.15. The summed E-state index contributed by atoms with van der Waals surface area (Å²) in [5.41, 5.74) is 2.25. The van der Waals surface area contributed by atoms with Crippen molar-refractivity contribution in [2.75, 3.05) is 7.05 Å². The van der Waals surface area contributed by atoms with E-state index in [4.69, 9.17) is 0 Å². The fraction of sp³-hybridized carbons (Fsp3) is 0.231. The maximum atomic E-state index is 10.2. The Balaban J connectivity index is 2.40. The first-order valence-corrected chi connectivity index (χ1v) is 5.20. The van der Waals surface area contributed by atoms with E-state index >= 15 is 0 Å². The van der Waals surface area contributed by atoms with Crippen molar-refractivity contribution in [3.8, 4) is 0 Å². The average molecular weight is 199 g/mol. The van der Waals surface area contributed by atoms with Crippen molar-refractivity contribution in [3.63, 3.8) is 0 Å². The van der Waals surface area contributed by atoms with E-state index in [0.29, 0.717) is 0 Å². The van der Waals surface area contributed by atoms with Crippen LogP contribution in [0.4, 0.5) is 0 Å². The third kappa shape index (κ3) is 1.06. The van der Waals surface area contributed by atoms with Crippen LogP contribution in [0.5, 0.6) is 0 Å². The number of aliphatic hydroxyl groups is 1. The fourth-order valence-electron chi connectivity index (χ4n) is 2.57. The zero-order chi connectivity index (χ0) is 10.4. The van der Waals surface area contributed by atoms with Gasteiger partial charge in [0.05, 0.1) is 12.1 Å². The second-order valence-corrected chi connectivity index (χ2v) is 4.00. The van der Waals surface area contributed by atoms with Crippen LogP contribution in [-0.2, 0) is 0 Å². The Morgan fingerprint density at radius 1 is 1.07 bits per heavy atom. The van der Waals surface area contributed by atoms with E-state index < -0.39 is 6.10 Å². The molecule has 0 aromatic heterocycles. The molecule has 0 heterocycles. The second-order valence-electron chi connectivity index (χ2n) is 4.00. The van der Waals surface area contributed by atoms with Crippen molar-refractivity contribution in [2.24, 2.45) is 0 Å². The molecule has 2 aromatic carbocycles. The number of nitrogens with one attached hydrogen (secondary N) is 1. The predicted octanol–water partition coefficient (Wildman–Crippen LogP) is 2.15. The van der Waals surface area contributed by atoms with E-state index in [1.54, 1.807) is 0 Å². The molecule has 0 fully saturated rings. The smallest absolute Gasteiger partial charge is 0.0990 e. The first kappa shape index (κ1) is 8.89. The van der Waals surface area contributed by atoms with Crippen molar-refractivity contribution >= 4 is 10.8 Å². The van der Waals surface area contributed by atoms with Gasteiger partial charge in [0.25, 0.3) is 0 Å². The van der Waals surface area contributed by atoms with Crippen LogP contribution in [0.15, 0.2) is 36.4 Å². The number of rotatable bonds is 1. The number of likely N-dealkylation sites (N-methyl/N-ethyl adjacent to an activating group) is 1. The van der Waals surface area contributed by atoms with E-state index in [0.717, 1.165) is 5.56 Å². The Morgan fingerprint density at radius 3 is 2.40 bits per heavy atom. The zero-order valence-corrected chi connectivity index (χ0v) is 8.57. The summed E-state index contributed by atoms with van der Waals surface area (Å²) in [7, 11) is 1.89. The third-order valence-corrected chi connectivity index (χ3v) is 3.25. The number of benzene rings is 2. The van der Waals surface area contributed by atoms with Crippen LogP contribution >= 0.6 is 0 Å². The topological polar surface area (TPSA) is 32.3 Å². The van der Waals surface area contributed by atoms with Gasteiger partial charge in [-0.1, -0.05) is 36.4 Å². The van der Waals surface area contributed by atoms with Crippen LogP contribution in [-0.4, -0.2) is 12.2 Å². The van der Waals surface area contributed by atoms with Gasteiger partial charge in [0.15, 0.2) is 0 Å². The SMILES string of the molecule is CN[C@@H]1c2cccc3cccc(c23)[C@H]1O. The van der Waals surface area contributed by atoms with E-state index in [-0.39, 0.29) is 6.04 Å². The molecule has 2 heteroatoms. The summed E-state index contributed by atoms with van der Waals surface area (Å²) in [6.45, 7) is 0. The molecule has 0 aliphatic heterocycles. The summed E-state index contributed by atoms with van der Waals surface area (Å²) in [6, 6.07) is 12.4. The maximum Gasteiger partial charge on any atom is 0.0990 e. The lowest BCUT2D eigenvalue weighted by atomic mass is 10.0. The standard InChI is InChI=1S/C13H13NO/c1-14-12-9-6-2-4-8-5-3-7-10(11(8)9)13(12)15/h2-7,12-15H,1H3/t12-,13-/m1/s1. The van der Waals surface area contributed by atoms with Crippen LogP contribution in [0.2, 0.25) is 0 Å². The van der Waals surface area contributed by atoms with Crippen LogP contribution in [0.25, 0.3) is 10.8 Å². The van der Waals surface area contributed by atoms with Gasteiger partial charge in [-0.2, -0.15) is 0 Å². The predicted molar refractivity (Wildman–Crippen MR) is 60.7 cm³/mol. The molecule has 0 unspecified atom stereocenters. The Kier molecular flexibility index (Phi) is 1.81. The summed E-state index contributed by atoms with van der Waals surface area (Å²) >= 11 is 0.